The number of hydrogen-bond donors (Lipinski definition) is 0. The van der Waals surface area contributed by atoms with Gasteiger partial charge >= 0.3 is 0 Å². The summed E-state index contributed by atoms with van der Waals surface area (Å²) in [6.07, 6.45) is 6.83. The molecule has 1 fully saturated rings. The van der Waals surface area contributed by atoms with Crippen molar-refractivity contribution < 1.29 is 4.74 Å². The Morgan fingerprint density at radius 1 is 1.67 bits per heavy atom. The Labute approximate surface area is 71.8 Å². The predicted molar refractivity (Wildman–Crippen MR) is 43.5 cm³/mol. The van der Waals surface area contributed by atoms with Crippen molar-refractivity contribution in [3.05, 3.63) is 23.8 Å². The van der Waals surface area contributed by atoms with Crippen LogP contribution in [0.4, 0.5) is 0 Å². The molecule has 2 rings (SSSR count). The molecule has 0 aliphatic carbocycles. The van der Waals surface area contributed by atoms with Crippen LogP contribution in [-0.2, 0) is 4.74 Å². The summed E-state index contributed by atoms with van der Waals surface area (Å²) in [5.74, 6) is 0. The second kappa shape index (κ2) is 3.19. The van der Waals surface area contributed by atoms with Crippen LogP contribution in [0.15, 0.2) is 6.20 Å². The van der Waals surface area contributed by atoms with Crippen molar-refractivity contribution >= 4 is 0 Å². The minimum absolute atomic E-state index is 0.222. The van der Waals surface area contributed by atoms with Crippen molar-refractivity contribution in [2.75, 3.05) is 6.61 Å². The van der Waals surface area contributed by atoms with Gasteiger partial charge in [-0.15, -0.1) is 0 Å². The van der Waals surface area contributed by atoms with Crippen molar-refractivity contribution in [1.29, 1.82) is 0 Å². The number of aryl methyl sites for hydroxylation is 1. The van der Waals surface area contributed by atoms with Crippen molar-refractivity contribution in [1.82, 2.24) is 9.97 Å². The summed E-state index contributed by atoms with van der Waals surface area (Å²) in [5.41, 5.74) is 2.10. The van der Waals surface area contributed by atoms with Crippen LogP contribution in [0.5, 0.6) is 0 Å². The first-order valence-corrected chi connectivity index (χ1v) is 4.19. The van der Waals surface area contributed by atoms with E-state index in [2.05, 4.69) is 16.3 Å². The Morgan fingerprint density at radius 3 is 3.25 bits per heavy atom. The zero-order chi connectivity index (χ0) is 8.39. The van der Waals surface area contributed by atoms with E-state index in [-0.39, 0.29) is 6.10 Å². The Balaban J connectivity index is 2.26. The van der Waals surface area contributed by atoms with Gasteiger partial charge in [-0.2, -0.15) is 0 Å². The molecule has 1 aromatic rings. The van der Waals surface area contributed by atoms with Gasteiger partial charge in [-0.1, -0.05) is 0 Å². The zero-order valence-corrected chi connectivity index (χ0v) is 7.08. The monoisotopic (exact) mass is 163 g/mol. The maximum absolute atomic E-state index is 5.53. The maximum atomic E-state index is 5.53. The third-order valence-electron chi connectivity index (χ3n) is 2.17. The van der Waals surface area contributed by atoms with Crippen LogP contribution in [-0.4, -0.2) is 16.6 Å². The second-order valence-electron chi connectivity index (χ2n) is 3.01. The number of nitrogens with zero attached hydrogens (tertiary/aromatic N) is 2. The van der Waals surface area contributed by atoms with Crippen LogP contribution in [0.3, 0.4) is 0 Å². The van der Waals surface area contributed by atoms with Crippen molar-refractivity contribution in [2.24, 2.45) is 0 Å². The minimum Gasteiger partial charge on any atom is -0.373 e. The first kappa shape index (κ1) is 7.68. The van der Waals surface area contributed by atoms with Crippen LogP contribution in [0.1, 0.15) is 30.2 Å². The van der Waals surface area contributed by atoms with Gasteiger partial charge in [0.2, 0.25) is 0 Å². The highest BCUT2D eigenvalue weighted by Crippen LogP contribution is 2.28. The van der Waals surface area contributed by atoms with E-state index in [9.17, 15) is 0 Å². The molecule has 0 N–H and O–H groups in total. The SMILES string of the molecule is Cc1n[c]ncc1C1CCCO1. The molecule has 0 aromatic carbocycles. The quantitative estimate of drug-likeness (QED) is 0.628. The summed E-state index contributed by atoms with van der Waals surface area (Å²) in [5, 5.41) is 0. The smallest absolute Gasteiger partial charge is 0.197 e. The van der Waals surface area contributed by atoms with Gasteiger partial charge in [-0.3, -0.25) is 0 Å². The summed E-state index contributed by atoms with van der Waals surface area (Å²) < 4.78 is 5.53. The molecular weight excluding hydrogens is 152 g/mol. The van der Waals surface area contributed by atoms with E-state index in [4.69, 9.17) is 4.74 Å². The highest BCUT2D eigenvalue weighted by molar-refractivity contribution is 5.17. The molecule has 0 bridgehead atoms. The standard InChI is InChI=1S/C9H11N2O/c1-7-8(5-10-6-11-7)9-3-2-4-12-9/h5,9H,2-4H2,1H3. The lowest BCUT2D eigenvalue weighted by Gasteiger charge is -2.09. The third kappa shape index (κ3) is 1.32. The zero-order valence-electron chi connectivity index (χ0n) is 7.08. The van der Waals surface area contributed by atoms with Gasteiger partial charge in [-0.05, 0) is 19.8 Å². The van der Waals surface area contributed by atoms with E-state index in [0.29, 0.717) is 0 Å². The summed E-state index contributed by atoms with van der Waals surface area (Å²) in [6.45, 7) is 2.83. The molecule has 2 heterocycles. The Kier molecular flexibility index (Phi) is 2.04. The first-order valence-electron chi connectivity index (χ1n) is 4.19. The average Bonchev–Trinajstić information content (AvgIpc) is 2.57. The van der Waals surface area contributed by atoms with Crippen LogP contribution >= 0.6 is 0 Å². The fourth-order valence-electron chi connectivity index (χ4n) is 1.50. The third-order valence-corrected chi connectivity index (χ3v) is 2.17. The molecule has 0 amide bonds. The summed E-state index contributed by atoms with van der Waals surface area (Å²) in [6, 6.07) is 0. The van der Waals surface area contributed by atoms with Crippen molar-refractivity contribution in [3.8, 4) is 0 Å². The average molecular weight is 163 g/mol. The van der Waals surface area contributed by atoms with Gasteiger partial charge in [0, 0.05) is 24.1 Å². The van der Waals surface area contributed by atoms with Gasteiger partial charge in [0.05, 0.1) is 6.10 Å². The lowest BCUT2D eigenvalue weighted by Crippen LogP contribution is -2.01. The fraction of sp³-hybridized carbons (Fsp3) is 0.556. The van der Waals surface area contributed by atoms with E-state index < -0.39 is 0 Å². The van der Waals surface area contributed by atoms with Gasteiger partial charge < -0.3 is 4.74 Å². The minimum atomic E-state index is 0.222. The Bertz CT molecular complexity index is 269. The van der Waals surface area contributed by atoms with Gasteiger partial charge in [0.25, 0.3) is 0 Å². The predicted octanol–water partition coefficient (Wildman–Crippen LogP) is 1.44. The lowest BCUT2D eigenvalue weighted by atomic mass is 10.1. The van der Waals surface area contributed by atoms with E-state index >= 15 is 0 Å². The molecule has 1 unspecified atom stereocenters. The fourth-order valence-corrected chi connectivity index (χ4v) is 1.50. The summed E-state index contributed by atoms with van der Waals surface area (Å²) in [4.78, 5) is 7.88. The number of rotatable bonds is 1. The molecule has 63 valence electrons. The van der Waals surface area contributed by atoms with E-state index in [0.717, 1.165) is 30.7 Å². The molecule has 0 spiro atoms. The van der Waals surface area contributed by atoms with Crippen molar-refractivity contribution in [3.63, 3.8) is 0 Å². The van der Waals surface area contributed by atoms with Crippen LogP contribution < -0.4 is 0 Å². The van der Waals surface area contributed by atoms with Crippen LogP contribution in [0.2, 0.25) is 0 Å². The maximum Gasteiger partial charge on any atom is 0.197 e. The number of aromatic nitrogens is 2. The number of ether oxygens (including phenoxy) is 1. The molecule has 1 aliphatic heterocycles. The molecule has 1 saturated heterocycles. The molecule has 3 heteroatoms. The molecule has 1 atom stereocenters. The molecular formula is C9H11N2O. The topological polar surface area (TPSA) is 35.0 Å². The van der Waals surface area contributed by atoms with Crippen LogP contribution in [0, 0.1) is 13.3 Å². The van der Waals surface area contributed by atoms with Gasteiger partial charge in [0.15, 0.2) is 6.33 Å². The summed E-state index contributed by atoms with van der Waals surface area (Å²) in [7, 11) is 0. The number of hydrogen-bond acceptors (Lipinski definition) is 3. The highest BCUT2D eigenvalue weighted by Gasteiger charge is 2.19. The largest absolute Gasteiger partial charge is 0.373 e. The van der Waals surface area contributed by atoms with E-state index in [1.807, 2.05) is 6.92 Å². The van der Waals surface area contributed by atoms with Gasteiger partial charge in [-0.25, -0.2) is 9.97 Å². The Hall–Kier alpha value is -0.960. The van der Waals surface area contributed by atoms with Crippen molar-refractivity contribution in [2.45, 2.75) is 25.9 Å². The van der Waals surface area contributed by atoms with E-state index in [1.54, 1.807) is 6.20 Å². The Morgan fingerprint density at radius 2 is 2.58 bits per heavy atom. The normalized spacial score (nSPS) is 22.9. The van der Waals surface area contributed by atoms with Gasteiger partial charge in [0.1, 0.15) is 0 Å². The van der Waals surface area contributed by atoms with Crippen LogP contribution in [0.25, 0.3) is 0 Å². The first-order chi connectivity index (χ1) is 5.88. The molecule has 3 nitrogen and oxygen atoms in total. The lowest BCUT2D eigenvalue weighted by molar-refractivity contribution is 0.111. The summed E-state index contributed by atoms with van der Waals surface area (Å²) >= 11 is 0. The highest BCUT2D eigenvalue weighted by atomic mass is 16.5. The molecule has 1 aromatic heterocycles. The second-order valence-corrected chi connectivity index (χ2v) is 3.01. The molecule has 0 saturated carbocycles. The molecule has 1 aliphatic rings. The van der Waals surface area contributed by atoms with E-state index in [1.165, 1.54) is 0 Å². The molecule has 1 radical (unpaired) electrons. The molecule has 12 heavy (non-hydrogen) atoms.